The zero-order valence-electron chi connectivity index (χ0n) is 6.22. The van der Waals surface area contributed by atoms with E-state index in [9.17, 15) is 4.79 Å². The van der Waals surface area contributed by atoms with E-state index in [1.807, 2.05) is 20.9 Å². The lowest BCUT2D eigenvalue weighted by atomic mass is 10.1. The van der Waals surface area contributed by atoms with Crippen molar-refractivity contribution in [3.63, 3.8) is 0 Å². The lowest BCUT2D eigenvalue weighted by molar-refractivity contribution is -0.121. The first-order chi connectivity index (χ1) is 4.13. The van der Waals surface area contributed by atoms with E-state index in [2.05, 4.69) is 4.90 Å². The standard InChI is InChI=1S/C7H13NO/c1-5-4-8(3)6(2)7(5)9/h5-6H,4H2,1-3H3. The lowest BCUT2D eigenvalue weighted by Crippen LogP contribution is -2.25. The van der Waals surface area contributed by atoms with Gasteiger partial charge in [0.2, 0.25) is 0 Å². The highest BCUT2D eigenvalue weighted by Crippen LogP contribution is 2.15. The lowest BCUT2D eigenvalue weighted by Gasteiger charge is -2.10. The topological polar surface area (TPSA) is 20.3 Å². The third kappa shape index (κ3) is 0.990. The maximum Gasteiger partial charge on any atom is 0.153 e. The highest BCUT2D eigenvalue weighted by atomic mass is 16.1. The normalized spacial score (nSPS) is 37.9. The molecule has 0 aliphatic carbocycles. The molecule has 0 aromatic rings. The Hall–Kier alpha value is -0.370. The summed E-state index contributed by atoms with van der Waals surface area (Å²) < 4.78 is 0. The van der Waals surface area contributed by atoms with Gasteiger partial charge in [0, 0.05) is 12.5 Å². The van der Waals surface area contributed by atoms with Gasteiger partial charge in [0.1, 0.15) is 0 Å². The third-order valence-corrected chi connectivity index (χ3v) is 2.12. The van der Waals surface area contributed by atoms with Crippen LogP contribution in [-0.4, -0.2) is 30.3 Å². The summed E-state index contributed by atoms with van der Waals surface area (Å²) >= 11 is 0. The fourth-order valence-electron chi connectivity index (χ4n) is 1.31. The van der Waals surface area contributed by atoms with Gasteiger partial charge in [-0.3, -0.25) is 9.69 Å². The molecule has 0 aromatic carbocycles. The van der Waals surface area contributed by atoms with Crippen molar-refractivity contribution in [2.75, 3.05) is 13.6 Å². The highest BCUT2D eigenvalue weighted by molar-refractivity contribution is 5.87. The van der Waals surface area contributed by atoms with Crippen molar-refractivity contribution in [1.29, 1.82) is 0 Å². The first-order valence-electron chi connectivity index (χ1n) is 3.37. The molecular weight excluding hydrogens is 114 g/mol. The van der Waals surface area contributed by atoms with Crippen LogP contribution in [0, 0.1) is 5.92 Å². The molecule has 1 aliphatic heterocycles. The fourth-order valence-corrected chi connectivity index (χ4v) is 1.31. The molecule has 2 atom stereocenters. The minimum absolute atomic E-state index is 0.153. The summed E-state index contributed by atoms with van der Waals surface area (Å²) in [5.74, 6) is 0.641. The molecule has 1 heterocycles. The highest BCUT2D eigenvalue weighted by Gasteiger charge is 2.31. The number of likely N-dealkylation sites (N-methyl/N-ethyl adjacent to an activating group) is 1. The van der Waals surface area contributed by atoms with Crippen LogP contribution in [0.25, 0.3) is 0 Å². The third-order valence-electron chi connectivity index (χ3n) is 2.12. The number of nitrogens with zero attached hydrogens (tertiary/aromatic N) is 1. The Bertz CT molecular complexity index is 133. The maximum absolute atomic E-state index is 11.1. The van der Waals surface area contributed by atoms with Crippen molar-refractivity contribution in [2.24, 2.45) is 5.92 Å². The molecule has 0 aromatic heterocycles. The number of hydrogen-bond donors (Lipinski definition) is 0. The summed E-state index contributed by atoms with van der Waals surface area (Å²) in [5, 5.41) is 0. The van der Waals surface area contributed by atoms with Gasteiger partial charge in [-0.05, 0) is 14.0 Å². The second-order valence-corrected chi connectivity index (χ2v) is 2.92. The Balaban J connectivity index is 2.65. The molecule has 0 saturated carbocycles. The summed E-state index contributed by atoms with van der Waals surface area (Å²) in [7, 11) is 1.99. The van der Waals surface area contributed by atoms with Gasteiger partial charge in [0.25, 0.3) is 0 Å². The van der Waals surface area contributed by atoms with Crippen molar-refractivity contribution < 1.29 is 4.79 Å². The number of rotatable bonds is 0. The van der Waals surface area contributed by atoms with Gasteiger partial charge in [0.05, 0.1) is 6.04 Å². The van der Waals surface area contributed by atoms with Crippen LogP contribution >= 0.6 is 0 Å². The number of Topliss-reactive ketones (excluding diaryl/α,β-unsaturated/α-hetero) is 1. The molecule has 9 heavy (non-hydrogen) atoms. The molecule has 0 spiro atoms. The second kappa shape index (κ2) is 2.10. The number of likely N-dealkylation sites (tertiary alicyclic amines) is 1. The smallest absolute Gasteiger partial charge is 0.153 e. The number of carbonyl (C=O) groups is 1. The molecule has 2 unspecified atom stereocenters. The van der Waals surface area contributed by atoms with Gasteiger partial charge in [-0.2, -0.15) is 0 Å². The van der Waals surface area contributed by atoms with Crippen LogP contribution in [0.2, 0.25) is 0 Å². The number of hydrogen-bond acceptors (Lipinski definition) is 2. The Morgan fingerprint density at radius 1 is 1.56 bits per heavy atom. The quantitative estimate of drug-likeness (QED) is 0.473. The summed E-state index contributed by atoms with van der Waals surface area (Å²) in [6.07, 6.45) is 0. The Kier molecular flexibility index (Phi) is 1.58. The molecule has 52 valence electrons. The molecular formula is C7H13NO. The van der Waals surface area contributed by atoms with E-state index in [1.54, 1.807) is 0 Å². The van der Waals surface area contributed by atoms with Crippen LogP contribution in [0.1, 0.15) is 13.8 Å². The number of carbonyl (C=O) groups excluding carboxylic acids is 1. The van der Waals surface area contributed by atoms with E-state index < -0.39 is 0 Å². The summed E-state index contributed by atoms with van der Waals surface area (Å²) in [4.78, 5) is 13.2. The monoisotopic (exact) mass is 127 g/mol. The van der Waals surface area contributed by atoms with Gasteiger partial charge in [-0.15, -0.1) is 0 Å². The SMILES string of the molecule is CC1CN(C)C(C)C1=O. The van der Waals surface area contributed by atoms with Crippen LogP contribution < -0.4 is 0 Å². The van der Waals surface area contributed by atoms with Crippen molar-refractivity contribution >= 4 is 5.78 Å². The Morgan fingerprint density at radius 2 is 2.11 bits per heavy atom. The summed E-state index contributed by atoms with van der Waals surface area (Å²) in [6, 6.07) is 0.153. The van der Waals surface area contributed by atoms with Gasteiger partial charge < -0.3 is 0 Å². The minimum Gasteiger partial charge on any atom is -0.298 e. The first kappa shape index (κ1) is 6.75. The largest absolute Gasteiger partial charge is 0.298 e. The van der Waals surface area contributed by atoms with Crippen LogP contribution in [0.5, 0.6) is 0 Å². The van der Waals surface area contributed by atoms with E-state index in [-0.39, 0.29) is 12.0 Å². The van der Waals surface area contributed by atoms with E-state index >= 15 is 0 Å². The van der Waals surface area contributed by atoms with Gasteiger partial charge in [0.15, 0.2) is 5.78 Å². The average molecular weight is 127 g/mol. The van der Waals surface area contributed by atoms with Crippen LogP contribution in [0.4, 0.5) is 0 Å². The molecule has 1 saturated heterocycles. The Labute approximate surface area is 55.8 Å². The van der Waals surface area contributed by atoms with Crippen molar-refractivity contribution in [3.05, 3.63) is 0 Å². The molecule has 1 rings (SSSR count). The zero-order valence-corrected chi connectivity index (χ0v) is 6.22. The average Bonchev–Trinajstić information content (AvgIpc) is 1.98. The molecule has 0 bridgehead atoms. The van der Waals surface area contributed by atoms with E-state index in [0.29, 0.717) is 5.78 Å². The van der Waals surface area contributed by atoms with Crippen LogP contribution in [0.3, 0.4) is 0 Å². The summed E-state index contributed by atoms with van der Waals surface area (Å²) in [6.45, 7) is 4.88. The number of ketones is 1. The predicted molar refractivity (Wildman–Crippen MR) is 36.3 cm³/mol. The van der Waals surface area contributed by atoms with Crippen molar-refractivity contribution in [2.45, 2.75) is 19.9 Å². The molecule has 1 aliphatic rings. The maximum atomic E-state index is 11.1. The molecule has 2 nitrogen and oxygen atoms in total. The summed E-state index contributed by atoms with van der Waals surface area (Å²) in [5.41, 5.74) is 0. The Morgan fingerprint density at radius 3 is 2.22 bits per heavy atom. The predicted octanol–water partition coefficient (Wildman–Crippen LogP) is 0.526. The molecule has 0 N–H and O–H groups in total. The molecule has 2 heteroatoms. The van der Waals surface area contributed by atoms with Gasteiger partial charge in [-0.25, -0.2) is 0 Å². The zero-order chi connectivity index (χ0) is 7.02. The van der Waals surface area contributed by atoms with Gasteiger partial charge >= 0.3 is 0 Å². The fraction of sp³-hybridized carbons (Fsp3) is 0.857. The molecule has 0 amide bonds. The van der Waals surface area contributed by atoms with E-state index in [4.69, 9.17) is 0 Å². The first-order valence-corrected chi connectivity index (χ1v) is 3.37. The molecule has 1 fully saturated rings. The van der Waals surface area contributed by atoms with E-state index in [0.717, 1.165) is 6.54 Å². The van der Waals surface area contributed by atoms with E-state index in [1.165, 1.54) is 0 Å². The van der Waals surface area contributed by atoms with Crippen molar-refractivity contribution in [3.8, 4) is 0 Å². The van der Waals surface area contributed by atoms with Crippen LogP contribution in [-0.2, 0) is 4.79 Å². The van der Waals surface area contributed by atoms with Gasteiger partial charge in [-0.1, -0.05) is 6.92 Å². The van der Waals surface area contributed by atoms with Crippen LogP contribution in [0.15, 0.2) is 0 Å². The van der Waals surface area contributed by atoms with Crippen molar-refractivity contribution in [1.82, 2.24) is 4.90 Å². The second-order valence-electron chi connectivity index (χ2n) is 2.92. The molecule has 0 radical (unpaired) electrons. The minimum atomic E-state index is 0.153.